The first-order valence-electron chi connectivity index (χ1n) is 3.15. The number of rotatable bonds is 2. The number of halogens is 4. The van der Waals surface area contributed by atoms with E-state index in [9.17, 15) is 13.6 Å². The van der Waals surface area contributed by atoms with Gasteiger partial charge >= 0.3 is 0 Å². The summed E-state index contributed by atoms with van der Waals surface area (Å²) >= 11 is 4.91. The second kappa shape index (κ2) is 4.41. The second-order valence-corrected chi connectivity index (χ2v) is 4.07. The van der Waals surface area contributed by atoms with Gasteiger partial charge in [-0.1, -0.05) is 0 Å². The van der Waals surface area contributed by atoms with E-state index in [4.69, 9.17) is 0 Å². The van der Waals surface area contributed by atoms with Crippen LogP contribution in [0.4, 0.5) is 8.78 Å². The molecule has 0 N–H and O–H groups in total. The number of alkyl halides is 2. The lowest BCUT2D eigenvalue weighted by molar-refractivity contribution is 0.110. The zero-order valence-electron chi connectivity index (χ0n) is 6.10. The highest BCUT2D eigenvalue weighted by molar-refractivity contribution is 14.1. The van der Waals surface area contributed by atoms with Crippen LogP contribution in [0.5, 0.6) is 0 Å². The fourth-order valence-corrected chi connectivity index (χ4v) is 1.52. The fourth-order valence-electron chi connectivity index (χ4n) is 0.763. The molecule has 0 amide bonds. The molecule has 0 aliphatic heterocycles. The number of carbonyl (C=O) groups excluding carboxylic acids is 1. The first-order chi connectivity index (χ1) is 6.06. The summed E-state index contributed by atoms with van der Waals surface area (Å²) in [6.45, 7) is 0. The Balaban J connectivity index is 3.32. The monoisotopic (exact) mass is 361 g/mol. The van der Waals surface area contributed by atoms with Crippen LogP contribution in [0, 0.1) is 3.57 Å². The third-order valence-electron chi connectivity index (χ3n) is 1.34. The maximum Gasteiger partial charge on any atom is 0.266 e. The Morgan fingerprint density at radius 1 is 1.62 bits per heavy atom. The largest absolute Gasteiger partial charge is 0.296 e. The van der Waals surface area contributed by atoms with E-state index in [2.05, 4.69) is 20.9 Å². The average Bonchev–Trinajstić information content (AvgIpc) is 2.08. The van der Waals surface area contributed by atoms with E-state index in [0.29, 0.717) is 14.5 Å². The van der Waals surface area contributed by atoms with Crippen LogP contribution in [0.25, 0.3) is 0 Å². The standard InChI is InChI=1S/C7H3BrF2INO/c8-6-4(11)1-3(7(9)10)5(2-13)12-6/h1-2,7H. The van der Waals surface area contributed by atoms with Crippen molar-refractivity contribution in [3.05, 3.63) is 25.5 Å². The van der Waals surface area contributed by atoms with Gasteiger partial charge in [0.05, 0.1) is 0 Å². The van der Waals surface area contributed by atoms with E-state index < -0.39 is 6.43 Å². The van der Waals surface area contributed by atoms with Crippen molar-refractivity contribution in [2.24, 2.45) is 0 Å². The predicted molar refractivity (Wildman–Crippen MR) is 55.0 cm³/mol. The van der Waals surface area contributed by atoms with Gasteiger partial charge in [-0.05, 0) is 44.6 Å². The molecule has 13 heavy (non-hydrogen) atoms. The fraction of sp³-hybridized carbons (Fsp3) is 0.143. The highest BCUT2D eigenvalue weighted by Crippen LogP contribution is 2.26. The number of aromatic nitrogens is 1. The minimum atomic E-state index is -2.67. The van der Waals surface area contributed by atoms with Crippen LogP contribution < -0.4 is 0 Å². The lowest BCUT2D eigenvalue weighted by Crippen LogP contribution is -1.99. The maximum atomic E-state index is 12.3. The molecule has 0 saturated heterocycles. The smallest absolute Gasteiger partial charge is 0.266 e. The number of pyridine rings is 1. The lowest BCUT2D eigenvalue weighted by Gasteiger charge is -2.04. The van der Waals surface area contributed by atoms with Crippen LogP contribution in [0.3, 0.4) is 0 Å². The van der Waals surface area contributed by atoms with Crippen molar-refractivity contribution >= 4 is 44.8 Å². The number of nitrogens with zero attached hydrogens (tertiary/aromatic N) is 1. The molecule has 70 valence electrons. The van der Waals surface area contributed by atoms with Crippen LogP contribution in [0.15, 0.2) is 10.7 Å². The summed E-state index contributed by atoms with van der Waals surface area (Å²) in [5.41, 5.74) is -0.551. The Kier molecular flexibility index (Phi) is 3.72. The third kappa shape index (κ3) is 2.43. The zero-order chi connectivity index (χ0) is 10.0. The van der Waals surface area contributed by atoms with Crippen LogP contribution >= 0.6 is 38.5 Å². The van der Waals surface area contributed by atoms with E-state index in [1.807, 2.05) is 22.6 Å². The maximum absolute atomic E-state index is 12.3. The molecule has 0 unspecified atom stereocenters. The number of aldehydes is 1. The van der Waals surface area contributed by atoms with Crippen molar-refractivity contribution in [1.82, 2.24) is 4.98 Å². The van der Waals surface area contributed by atoms with Gasteiger partial charge in [-0.15, -0.1) is 0 Å². The van der Waals surface area contributed by atoms with Gasteiger partial charge in [0.25, 0.3) is 6.43 Å². The molecule has 0 aromatic carbocycles. The first-order valence-corrected chi connectivity index (χ1v) is 5.02. The van der Waals surface area contributed by atoms with Crippen LogP contribution in [0.2, 0.25) is 0 Å². The van der Waals surface area contributed by atoms with E-state index >= 15 is 0 Å². The molecule has 6 heteroatoms. The van der Waals surface area contributed by atoms with Gasteiger partial charge in [-0.3, -0.25) is 4.79 Å². The van der Waals surface area contributed by atoms with E-state index in [1.165, 1.54) is 6.07 Å². The summed E-state index contributed by atoms with van der Waals surface area (Å²) in [6.07, 6.45) is -2.35. The average molecular weight is 362 g/mol. The van der Waals surface area contributed by atoms with Crippen molar-refractivity contribution < 1.29 is 13.6 Å². The molecule has 2 nitrogen and oxygen atoms in total. The van der Waals surface area contributed by atoms with E-state index in [1.54, 1.807) is 0 Å². The number of carbonyl (C=O) groups is 1. The molecule has 0 fully saturated rings. The highest BCUT2D eigenvalue weighted by Gasteiger charge is 2.16. The van der Waals surface area contributed by atoms with E-state index in [-0.39, 0.29) is 11.3 Å². The molecule has 1 aromatic rings. The molecule has 0 aliphatic rings. The van der Waals surface area contributed by atoms with Crippen molar-refractivity contribution in [2.45, 2.75) is 6.43 Å². The Hall–Kier alpha value is -0.110. The molecular formula is C7H3BrF2INO. The van der Waals surface area contributed by atoms with Gasteiger partial charge in [0.15, 0.2) is 6.29 Å². The zero-order valence-corrected chi connectivity index (χ0v) is 9.84. The highest BCUT2D eigenvalue weighted by atomic mass is 127. The molecule has 0 spiro atoms. The molecule has 0 radical (unpaired) electrons. The summed E-state index contributed by atoms with van der Waals surface area (Å²) in [4.78, 5) is 14.0. The molecule has 0 atom stereocenters. The first kappa shape index (κ1) is 11.0. The molecule has 1 heterocycles. The van der Waals surface area contributed by atoms with Crippen molar-refractivity contribution in [3.63, 3.8) is 0 Å². The minimum absolute atomic E-state index is 0.220. The number of hydrogen-bond donors (Lipinski definition) is 0. The van der Waals surface area contributed by atoms with Crippen molar-refractivity contribution in [1.29, 1.82) is 0 Å². The Bertz CT molecular complexity index is 346. The summed E-state index contributed by atoms with van der Waals surface area (Å²) < 4.78 is 25.6. The topological polar surface area (TPSA) is 30.0 Å². The molecular weight excluding hydrogens is 359 g/mol. The lowest BCUT2D eigenvalue weighted by atomic mass is 10.2. The van der Waals surface area contributed by atoms with Gasteiger partial charge in [0, 0.05) is 9.13 Å². The van der Waals surface area contributed by atoms with Gasteiger partial charge in [-0.2, -0.15) is 0 Å². The summed E-state index contributed by atoms with van der Waals surface area (Å²) in [6, 6.07) is 1.24. The normalized spacial score (nSPS) is 10.5. The van der Waals surface area contributed by atoms with Crippen molar-refractivity contribution in [2.75, 3.05) is 0 Å². The van der Waals surface area contributed by atoms with Crippen LogP contribution in [-0.4, -0.2) is 11.3 Å². The van der Waals surface area contributed by atoms with Gasteiger partial charge in [0.2, 0.25) is 0 Å². The summed E-state index contributed by atoms with van der Waals surface area (Å²) in [7, 11) is 0. The SMILES string of the molecule is O=Cc1nc(Br)c(I)cc1C(F)F. The number of hydrogen-bond acceptors (Lipinski definition) is 2. The second-order valence-electron chi connectivity index (χ2n) is 2.15. The molecule has 0 bridgehead atoms. The Morgan fingerprint density at radius 2 is 2.23 bits per heavy atom. The summed E-state index contributed by atoms with van der Waals surface area (Å²) in [5, 5.41) is 0. The molecule has 0 aliphatic carbocycles. The summed E-state index contributed by atoms with van der Waals surface area (Å²) in [5.74, 6) is 0. The molecule has 1 rings (SSSR count). The minimum Gasteiger partial charge on any atom is -0.296 e. The molecule has 0 saturated carbocycles. The van der Waals surface area contributed by atoms with Gasteiger partial charge < -0.3 is 0 Å². The van der Waals surface area contributed by atoms with Crippen LogP contribution in [0.1, 0.15) is 22.5 Å². The Morgan fingerprint density at radius 3 is 2.69 bits per heavy atom. The van der Waals surface area contributed by atoms with Gasteiger partial charge in [0.1, 0.15) is 10.3 Å². The predicted octanol–water partition coefficient (Wildman–Crippen LogP) is 3.20. The van der Waals surface area contributed by atoms with Crippen molar-refractivity contribution in [3.8, 4) is 0 Å². The van der Waals surface area contributed by atoms with E-state index in [0.717, 1.165) is 0 Å². The quantitative estimate of drug-likeness (QED) is 0.460. The molecule has 1 aromatic heterocycles. The van der Waals surface area contributed by atoms with Crippen LogP contribution in [-0.2, 0) is 0 Å². The Labute approximate surface area is 95.0 Å². The van der Waals surface area contributed by atoms with Gasteiger partial charge in [-0.25, -0.2) is 13.8 Å². The third-order valence-corrected chi connectivity index (χ3v) is 3.51.